The minimum absolute atomic E-state index is 0.0685. The Morgan fingerprint density at radius 2 is 2.26 bits per heavy atom. The first-order valence-corrected chi connectivity index (χ1v) is 6.66. The number of likely N-dealkylation sites (tertiary alicyclic amines) is 1. The maximum Gasteiger partial charge on any atom is 0.308 e. The average Bonchev–Trinajstić information content (AvgIpc) is 2.47. The molecule has 0 saturated carbocycles. The quantitative estimate of drug-likeness (QED) is 0.834. The number of hydrogen-bond acceptors (Lipinski definition) is 5. The molecule has 0 amide bonds. The van der Waals surface area contributed by atoms with Crippen molar-refractivity contribution < 1.29 is 9.53 Å². The first-order valence-electron chi connectivity index (χ1n) is 6.66. The number of carbonyl (C=O) groups excluding carboxylic acids is 1. The van der Waals surface area contributed by atoms with Gasteiger partial charge in [0.2, 0.25) is 0 Å². The Hall–Kier alpha value is -1.62. The van der Waals surface area contributed by atoms with Crippen molar-refractivity contribution in [2.24, 2.45) is 5.92 Å². The van der Waals surface area contributed by atoms with Gasteiger partial charge < -0.3 is 10.1 Å². The van der Waals surface area contributed by atoms with Crippen molar-refractivity contribution in [3.8, 4) is 0 Å². The summed E-state index contributed by atoms with van der Waals surface area (Å²) in [6, 6.07) is 4.10. The maximum atomic E-state index is 11.5. The van der Waals surface area contributed by atoms with Crippen LogP contribution in [-0.2, 0) is 16.1 Å². The van der Waals surface area contributed by atoms with Gasteiger partial charge in [0.05, 0.1) is 13.0 Å². The van der Waals surface area contributed by atoms with Crippen molar-refractivity contribution in [2.75, 3.05) is 32.6 Å². The normalized spacial score (nSPS) is 17.2. The first-order chi connectivity index (χ1) is 9.22. The third-order valence-electron chi connectivity index (χ3n) is 3.61. The highest BCUT2D eigenvalue weighted by atomic mass is 16.5. The molecule has 1 aromatic heterocycles. The van der Waals surface area contributed by atoms with Crippen LogP contribution in [0.1, 0.15) is 18.4 Å². The molecule has 1 fully saturated rings. The molecule has 1 aliphatic rings. The Labute approximate surface area is 114 Å². The van der Waals surface area contributed by atoms with Crippen LogP contribution >= 0.6 is 0 Å². The van der Waals surface area contributed by atoms with E-state index in [1.165, 1.54) is 12.7 Å². The van der Waals surface area contributed by atoms with E-state index >= 15 is 0 Å². The molecule has 0 radical (unpaired) electrons. The van der Waals surface area contributed by atoms with E-state index in [9.17, 15) is 4.79 Å². The fourth-order valence-corrected chi connectivity index (χ4v) is 2.46. The van der Waals surface area contributed by atoms with Gasteiger partial charge in [-0.3, -0.25) is 9.69 Å². The molecule has 0 aromatic carbocycles. The lowest BCUT2D eigenvalue weighted by Crippen LogP contribution is -2.36. The standard InChI is InChI=1S/C14H21N3O2/c1-15-13-9-11(3-6-16-13)10-17-7-4-12(5-8-17)14(18)19-2/h3,6,9,12H,4-5,7-8,10H2,1-2H3,(H,15,16). The predicted octanol–water partition coefficient (Wildman–Crippen LogP) is 1.51. The van der Waals surface area contributed by atoms with E-state index in [0.717, 1.165) is 38.3 Å². The summed E-state index contributed by atoms with van der Waals surface area (Å²) >= 11 is 0. The fourth-order valence-electron chi connectivity index (χ4n) is 2.46. The number of nitrogens with zero attached hydrogens (tertiary/aromatic N) is 2. The molecule has 1 saturated heterocycles. The Morgan fingerprint density at radius 3 is 2.89 bits per heavy atom. The molecule has 104 valence electrons. The summed E-state index contributed by atoms with van der Waals surface area (Å²) in [4.78, 5) is 18.0. The molecular weight excluding hydrogens is 242 g/mol. The van der Waals surface area contributed by atoms with Crippen LogP contribution in [0, 0.1) is 5.92 Å². The second-order valence-electron chi connectivity index (χ2n) is 4.87. The number of nitrogens with one attached hydrogen (secondary N) is 1. The largest absolute Gasteiger partial charge is 0.469 e. The average molecular weight is 263 g/mol. The summed E-state index contributed by atoms with van der Waals surface area (Å²) in [6.45, 7) is 2.79. The molecule has 0 unspecified atom stereocenters. The summed E-state index contributed by atoms with van der Waals surface area (Å²) in [6.07, 6.45) is 3.59. The summed E-state index contributed by atoms with van der Waals surface area (Å²) in [5.41, 5.74) is 1.25. The monoisotopic (exact) mass is 263 g/mol. The minimum atomic E-state index is -0.0685. The van der Waals surface area contributed by atoms with Gasteiger partial charge in [-0.1, -0.05) is 0 Å². The zero-order chi connectivity index (χ0) is 13.7. The molecule has 1 aliphatic heterocycles. The van der Waals surface area contributed by atoms with Gasteiger partial charge in [-0.15, -0.1) is 0 Å². The van der Waals surface area contributed by atoms with Crippen molar-refractivity contribution in [3.63, 3.8) is 0 Å². The third-order valence-corrected chi connectivity index (χ3v) is 3.61. The van der Waals surface area contributed by atoms with Crippen LogP contribution in [-0.4, -0.2) is 43.1 Å². The zero-order valence-electron chi connectivity index (χ0n) is 11.6. The number of aromatic nitrogens is 1. The van der Waals surface area contributed by atoms with Gasteiger partial charge in [-0.05, 0) is 43.6 Å². The first kappa shape index (κ1) is 13.8. The number of ether oxygens (including phenoxy) is 1. The van der Waals surface area contributed by atoms with Gasteiger partial charge in [0, 0.05) is 19.8 Å². The maximum absolute atomic E-state index is 11.5. The molecule has 2 rings (SSSR count). The summed E-state index contributed by atoms with van der Waals surface area (Å²) in [7, 11) is 3.33. The SMILES string of the molecule is CNc1cc(CN2CCC(C(=O)OC)CC2)ccn1. The molecule has 1 aromatic rings. The van der Waals surface area contributed by atoms with E-state index in [4.69, 9.17) is 4.74 Å². The Bertz CT molecular complexity index is 428. The van der Waals surface area contributed by atoms with E-state index in [2.05, 4.69) is 21.3 Å². The molecule has 2 heterocycles. The van der Waals surface area contributed by atoms with Crippen LogP contribution < -0.4 is 5.32 Å². The molecular formula is C14H21N3O2. The smallest absolute Gasteiger partial charge is 0.308 e. The number of piperidine rings is 1. The van der Waals surface area contributed by atoms with E-state index in [-0.39, 0.29) is 11.9 Å². The van der Waals surface area contributed by atoms with Gasteiger partial charge >= 0.3 is 5.97 Å². The van der Waals surface area contributed by atoms with E-state index in [0.29, 0.717) is 0 Å². The number of hydrogen-bond donors (Lipinski definition) is 1. The van der Waals surface area contributed by atoms with Crippen molar-refractivity contribution in [3.05, 3.63) is 23.9 Å². The lowest BCUT2D eigenvalue weighted by Gasteiger charge is -2.30. The summed E-state index contributed by atoms with van der Waals surface area (Å²) in [5.74, 6) is 0.898. The van der Waals surface area contributed by atoms with Crippen molar-refractivity contribution in [2.45, 2.75) is 19.4 Å². The number of pyridine rings is 1. The second-order valence-corrected chi connectivity index (χ2v) is 4.87. The second kappa shape index (κ2) is 6.52. The Balaban J connectivity index is 1.86. The molecule has 5 heteroatoms. The number of anilines is 1. The van der Waals surface area contributed by atoms with E-state index < -0.39 is 0 Å². The highest BCUT2D eigenvalue weighted by Gasteiger charge is 2.25. The zero-order valence-corrected chi connectivity index (χ0v) is 11.6. The molecule has 0 bridgehead atoms. The third kappa shape index (κ3) is 3.67. The Morgan fingerprint density at radius 1 is 1.53 bits per heavy atom. The van der Waals surface area contributed by atoms with Crippen LogP contribution in [0.2, 0.25) is 0 Å². The summed E-state index contributed by atoms with van der Waals surface area (Å²) in [5, 5.41) is 3.04. The fraction of sp³-hybridized carbons (Fsp3) is 0.571. The number of methoxy groups -OCH3 is 1. The van der Waals surface area contributed by atoms with Crippen molar-refractivity contribution in [1.82, 2.24) is 9.88 Å². The van der Waals surface area contributed by atoms with Gasteiger partial charge in [-0.2, -0.15) is 0 Å². The van der Waals surface area contributed by atoms with Gasteiger partial charge in [0.25, 0.3) is 0 Å². The number of rotatable bonds is 4. The van der Waals surface area contributed by atoms with Crippen molar-refractivity contribution in [1.29, 1.82) is 0 Å². The van der Waals surface area contributed by atoms with Gasteiger partial charge in [0.1, 0.15) is 5.82 Å². The van der Waals surface area contributed by atoms with Gasteiger partial charge in [0.15, 0.2) is 0 Å². The lowest BCUT2D eigenvalue weighted by atomic mass is 9.97. The van der Waals surface area contributed by atoms with Crippen LogP contribution in [0.25, 0.3) is 0 Å². The van der Waals surface area contributed by atoms with Crippen LogP contribution in [0.3, 0.4) is 0 Å². The predicted molar refractivity (Wildman–Crippen MR) is 73.8 cm³/mol. The van der Waals surface area contributed by atoms with E-state index in [1.54, 1.807) is 0 Å². The van der Waals surface area contributed by atoms with Crippen LogP contribution in [0.15, 0.2) is 18.3 Å². The molecule has 0 spiro atoms. The molecule has 0 aliphatic carbocycles. The number of esters is 1. The molecule has 0 atom stereocenters. The lowest BCUT2D eigenvalue weighted by molar-refractivity contribution is -0.147. The topological polar surface area (TPSA) is 54.5 Å². The molecule has 1 N–H and O–H groups in total. The summed E-state index contributed by atoms with van der Waals surface area (Å²) < 4.78 is 4.80. The van der Waals surface area contributed by atoms with Crippen LogP contribution in [0.4, 0.5) is 5.82 Å². The van der Waals surface area contributed by atoms with E-state index in [1.807, 2.05) is 19.3 Å². The minimum Gasteiger partial charge on any atom is -0.469 e. The highest BCUT2D eigenvalue weighted by molar-refractivity contribution is 5.72. The van der Waals surface area contributed by atoms with Crippen molar-refractivity contribution >= 4 is 11.8 Å². The van der Waals surface area contributed by atoms with Crippen LogP contribution in [0.5, 0.6) is 0 Å². The highest BCUT2D eigenvalue weighted by Crippen LogP contribution is 2.20. The Kier molecular flexibility index (Phi) is 4.74. The molecule has 19 heavy (non-hydrogen) atoms. The number of carbonyl (C=O) groups is 1. The molecule has 5 nitrogen and oxygen atoms in total. The van der Waals surface area contributed by atoms with Gasteiger partial charge in [-0.25, -0.2) is 4.98 Å².